The Bertz CT molecular complexity index is 337. The summed E-state index contributed by atoms with van der Waals surface area (Å²) in [6, 6.07) is 2.47. The second-order valence-corrected chi connectivity index (χ2v) is 4.55. The third-order valence-electron chi connectivity index (χ3n) is 3.00. The van der Waals surface area contributed by atoms with Crippen molar-refractivity contribution in [2.75, 3.05) is 6.61 Å². The van der Waals surface area contributed by atoms with Crippen LogP contribution in [0.15, 0.2) is 12.3 Å². The Morgan fingerprint density at radius 2 is 2.47 bits per heavy atom. The molecule has 1 aliphatic rings. The van der Waals surface area contributed by atoms with Crippen molar-refractivity contribution in [3.05, 3.63) is 23.0 Å². The molecule has 0 aromatic carbocycles. The minimum Gasteiger partial charge on any atom is -0.377 e. The van der Waals surface area contributed by atoms with Crippen LogP contribution in [0.4, 0.5) is 0 Å². The lowest BCUT2D eigenvalue weighted by Gasteiger charge is -2.16. The maximum Gasteiger partial charge on any atom is 0.0700 e. The van der Waals surface area contributed by atoms with Crippen LogP contribution in [-0.2, 0) is 18.3 Å². The number of hydrogen-bond acceptors (Lipinski definition) is 2. The standard InChI is InChI=1S/C11H17ClN2O/c1-8-11(3-4-15-8)13-6-10-5-9(12)7-14(10)2/h5,7-8,11,13H,3-4,6H2,1-2H3. The van der Waals surface area contributed by atoms with E-state index in [9.17, 15) is 0 Å². The van der Waals surface area contributed by atoms with E-state index in [1.165, 1.54) is 5.69 Å². The molecule has 0 radical (unpaired) electrons. The number of aromatic nitrogens is 1. The van der Waals surface area contributed by atoms with Crippen LogP contribution < -0.4 is 5.32 Å². The average Bonchev–Trinajstić information content (AvgIpc) is 2.70. The summed E-state index contributed by atoms with van der Waals surface area (Å²) in [5.74, 6) is 0. The van der Waals surface area contributed by atoms with Gasteiger partial charge in [0.1, 0.15) is 0 Å². The number of hydrogen-bond donors (Lipinski definition) is 1. The highest BCUT2D eigenvalue weighted by Crippen LogP contribution is 2.15. The van der Waals surface area contributed by atoms with E-state index in [0.29, 0.717) is 12.1 Å². The highest BCUT2D eigenvalue weighted by molar-refractivity contribution is 6.30. The minimum absolute atomic E-state index is 0.320. The fourth-order valence-corrected chi connectivity index (χ4v) is 2.25. The number of aryl methyl sites for hydroxylation is 1. The fraction of sp³-hybridized carbons (Fsp3) is 0.636. The van der Waals surface area contributed by atoms with Gasteiger partial charge in [0.2, 0.25) is 0 Å². The fourth-order valence-electron chi connectivity index (χ4n) is 1.98. The second kappa shape index (κ2) is 4.56. The maximum atomic E-state index is 5.92. The third-order valence-corrected chi connectivity index (χ3v) is 3.20. The first-order valence-corrected chi connectivity index (χ1v) is 5.70. The van der Waals surface area contributed by atoms with Gasteiger partial charge in [-0.2, -0.15) is 0 Å². The molecule has 1 N–H and O–H groups in total. The molecule has 0 bridgehead atoms. The molecule has 2 unspecified atom stereocenters. The lowest BCUT2D eigenvalue weighted by atomic mass is 10.1. The number of nitrogens with zero attached hydrogens (tertiary/aromatic N) is 1. The molecule has 15 heavy (non-hydrogen) atoms. The molecule has 1 saturated heterocycles. The highest BCUT2D eigenvalue weighted by Gasteiger charge is 2.23. The van der Waals surface area contributed by atoms with Gasteiger partial charge in [0.25, 0.3) is 0 Å². The maximum absolute atomic E-state index is 5.92. The van der Waals surface area contributed by atoms with E-state index in [4.69, 9.17) is 16.3 Å². The molecule has 2 rings (SSSR count). The van der Waals surface area contributed by atoms with Gasteiger partial charge in [-0.3, -0.25) is 0 Å². The first-order valence-electron chi connectivity index (χ1n) is 5.32. The monoisotopic (exact) mass is 228 g/mol. The van der Waals surface area contributed by atoms with Crippen LogP contribution in [0.2, 0.25) is 5.02 Å². The van der Waals surface area contributed by atoms with E-state index >= 15 is 0 Å². The number of nitrogens with one attached hydrogen (secondary N) is 1. The zero-order valence-electron chi connectivity index (χ0n) is 9.16. The number of rotatable bonds is 3. The predicted octanol–water partition coefficient (Wildman–Crippen LogP) is 1.95. The zero-order valence-corrected chi connectivity index (χ0v) is 9.92. The average molecular weight is 229 g/mol. The van der Waals surface area contributed by atoms with E-state index in [1.807, 2.05) is 19.3 Å². The van der Waals surface area contributed by atoms with E-state index in [0.717, 1.165) is 24.6 Å². The van der Waals surface area contributed by atoms with Crippen LogP contribution in [0.5, 0.6) is 0 Å². The van der Waals surface area contributed by atoms with Crippen LogP contribution in [-0.4, -0.2) is 23.3 Å². The van der Waals surface area contributed by atoms with Gasteiger partial charge >= 0.3 is 0 Å². The lowest BCUT2D eigenvalue weighted by Crippen LogP contribution is -2.34. The minimum atomic E-state index is 0.320. The van der Waals surface area contributed by atoms with Gasteiger partial charge in [-0.1, -0.05) is 11.6 Å². The predicted molar refractivity (Wildman–Crippen MR) is 61.1 cm³/mol. The van der Waals surface area contributed by atoms with Crippen molar-refractivity contribution in [1.29, 1.82) is 0 Å². The Morgan fingerprint density at radius 3 is 3.00 bits per heavy atom. The lowest BCUT2D eigenvalue weighted by molar-refractivity contribution is 0.113. The van der Waals surface area contributed by atoms with Gasteiger partial charge in [0.05, 0.1) is 11.1 Å². The van der Waals surface area contributed by atoms with Crippen molar-refractivity contribution >= 4 is 11.6 Å². The van der Waals surface area contributed by atoms with Crippen molar-refractivity contribution in [1.82, 2.24) is 9.88 Å². The molecule has 1 aromatic heterocycles. The molecule has 1 fully saturated rings. The van der Waals surface area contributed by atoms with Crippen molar-refractivity contribution in [2.24, 2.45) is 7.05 Å². The Hall–Kier alpha value is -0.510. The molecule has 84 valence electrons. The van der Waals surface area contributed by atoms with Gasteiger partial charge in [-0.25, -0.2) is 0 Å². The van der Waals surface area contributed by atoms with Gasteiger partial charge in [0.15, 0.2) is 0 Å². The Kier molecular flexibility index (Phi) is 3.34. The largest absolute Gasteiger partial charge is 0.377 e. The second-order valence-electron chi connectivity index (χ2n) is 4.11. The molecule has 4 heteroatoms. The molecular weight excluding hydrogens is 212 g/mol. The number of halogens is 1. The van der Waals surface area contributed by atoms with E-state index in [-0.39, 0.29) is 0 Å². The first-order chi connectivity index (χ1) is 7.16. The zero-order chi connectivity index (χ0) is 10.8. The summed E-state index contributed by atoms with van der Waals surface area (Å²) in [6.45, 7) is 3.83. The highest BCUT2D eigenvalue weighted by atomic mass is 35.5. The van der Waals surface area contributed by atoms with E-state index in [1.54, 1.807) is 0 Å². The molecular formula is C11H17ClN2O. The third kappa shape index (κ3) is 2.54. The van der Waals surface area contributed by atoms with Crippen LogP contribution in [0, 0.1) is 0 Å². The Morgan fingerprint density at radius 1 is 1.67 bits per heavy atom. The quantitative estimate of drug-likeness (QED) is 0.856. The van der Waals surface area contributed by atoms with Crippen molar-refractivity contribution in [2.45, 2.75) is 32.0 Å². The normalized spacial score (nSPS) is 26.1. The van der Waals surface area contributed by atoms with Gasteiger partial charge in [-0.05, 0) is 19.4 Å². The molecule has 1 aromatic rings. The molecule has 0 aliphatic carbocycles. The molecule has 2 atom stereocenters. The molecule has 2 heterocycles. The summed E-state index contributed by atoms with van der Waals surface area (Å²) in [7, 11) is 2.01. The summed E-state index contributed by atoms with van der Waals surface area (Å²) >= 11 is 5.92. The van der Waals surface area contributed by atoms with Crippen molar-refractivity contribution in [3.63, 3.8) is 0 Å². The molecule has 1 aliphatic heterocycles. The van der Waals surface area contributed by atoms with Crippen LogP contribution >= 0.6 is 11.6 Å². The van der Waals surface area contributed by atoms with Crippen LogP contribution in [0.1, 0.15) is 19.0 Å². The summed E-state index contributed by atoms with van der Waals surface area (Å²) < 4.78 is 7.55. The summed E-state index contributed by atoms with van der Waals surface area (Å²) in [4.78, 5) is 0. The smallest absolute Gasteiger partial charge is 0.0700 e. The van der Waals surface area contributed by atoms with Gasteiger partial charge < -0.3 is 14.6 Å². The van der Waals surface area contributed by atoms with E-state index in [2.05, 4.69) is 16.8 Å². The van der Waals surface area contributed by atoms with Crippen LogP contribution in [0.25, 0.3) is 0 Å². The van der Waals surface area contributed by atoms with E-state index < -0.39 is 0 Å². The molecule has 0 spiro atoms. The molecule has 3 nitrogen and oxygen atoms in total. The summed E-state index contributed by atoms with van der Waals surface area (Å²) in [5.41, 5.74) is 1.21. The topological polar surface area (TPSA) is 26.2 Å². The molecule has 0 amide bonds. The Balaban J connectivity index is 1.90. The SMILES string of the molecule is CC1OCCC1NCc1cc(Cl)cn1C. The summed E-state index contributed by atoms with van der Waals surface area (Å²) in [5, 5.41) is 4.29. The first kappa shape index (κ1) is 11.0. The van der Waals surface area contributed by atoms with Gasteiger partial charge in [-0.15, -0.1) is 0 Å². The Labute approximate surface area is 95.4 Å². The van der Waals surface area contributed by atoms with Crippen molar-refractivity contribution in [3.8, 4) is 0 Å². The van der Waals surface area contributed by atoms with Crippen LogP contribution in [0.3, 0.4) is 0 Å². The molecule has 0 saturated carbocycles. The number of ether oxygens (including phenoxy) is 1. The van der Waals surface area contributed by atoms with Gasteiger partial charge in [0, 0.05) is 38.1 Å². The summed E-state index contributed by atoms with van der Waals surface area (Å²) in [6.07, 6.45) is 3.34. The van der Waals surface area contributed by atoms with Crippen molar-refractivity contribution < 1.29 is 4.74 Å².